The molecule has 0 aromatic heterocycles. The summed E-state index contributed by atoms with van der Waals surface area (Å²) in [6, 6.07) is 0. The molecule has 1 heterocycles. The Balaban J connectivity index is 3.24. The fourth-order valence-electron chi connectivity index (χ4n) is 5.11. The molecule has 0 aliphatic carbocycles. The van der Waals surface area contributed by atoms with Crippen molar-refractivity contribution >= 4 is 8.32 Å². The van der Waals surface area contributed by atoms with Gasteiger partial charge in [0, 0.05) is 31.5 Å². The van der Waals surface area contributed by atoms with Gasteiger partial charge in [-0.2, -0.15) is 0 Å². The highest BCUT2D eigenvalue weighted by molar-refractivity contribution is 6.77. The molecule has 0 aromatic carbocycles. The van der Waals surface area contributed by atoms with Crippen molar-refractivity contribution in [2.24, 2.45) is 17.8 Å². The molecule has 1 rings (SSSR count). The molecule has 0 bridgehead atoms. The standard InChI is InChI=1S/C20H42O4Si/c1-12(2)25(13(3)4,14(5)6)24-19-16(8)18(15(7)11-21)23-20(22-10)17(19)9/h12-21H,11H2,1-10H3/t15-,16-,17-,18+,19-,20-/m1/s1. The lowest BCUT2D eigenvalue weighted by Gasteiger charge is -2.52. The molecule has 0 amide bonds. The van der Waals surface area contributed by atoms with Crippen molar-refractivity contribution in [1.82, 2.24) is 0 Å². The predicted molar refractivity (Wildman–Crippen MR) is 106 cm³/mol. The fourth-order valence-corrected chi connectivity index (χ4v) is 10.8. The third kappa shape index (κ3) is 4.49. The van der Waals surface area contributed by atoms with Gasteiger partial charge in [-0.1, -0.05) is 62.3 Å². The van der Waals surface area contributed by atoms with Gasteiger partial charge in [-0.05, 0) is 16.6 Å². The molecule has 1 aliphatic heterocycles. The quantitative estimate of drug-likeness (QED) is 0.619. The molecule has 4 nitrogen and oxygen atoms in total. The zero-order chi connectivity index (χ0) is 19.5. The maximum absolute atomic E-state index is 9.66. The highest BCUT2D eigenvalue weighted by atomic mass is 28.4. The average molecular weight is 375 g/mol. The Morgan fingerprint density at radius 2 is 1.40 bits per heavy atom. The number of hydrogen-bond donors (Lipinski definition) is 1. The predicted octanol–water partition coefficient (Wildman–Crippen LogP) is 4.82. The van der Waals surface area contributed by atoms with Crippen LogP contribution in [0.15, 0.2) is 0 Å². The lowest BCUT2D eigenvalue weighted by molar-refractivity contribution is -0.261. The summed E-state index contributed by atoms with van der Waals surface area (Å²) in [5.74, 6) is 0.469. The van der Waals surface area contributed by atoms with E-state index in [9.17, 15) is 5.11 Å². The second-order valence-electron chi connectivity index (χ2n) is 8.98. The van der Waals surface area contributed by atoms with E-state index in [0.29, 0.717) is 16.6 Å². The molecule has 1 saturated heterocycles. The smallest absolute Gasteiger partial charge is 0.200 e. The van der Waals surface area contributed by atoms with Crippen molar-refractivity contribution < 1.29 is 19.0 Å². The van der Waals surface area contributed by atoms with Crippen molar-refractivity contribution in [3.05, 3.63) is 0 Å². The number of aliphatic hydroxyl groups excluding tert-OH is 1. The lowest BCUT2D eigenvalue weighted by atomic mass is 9.81. The number of aliphatic hydroxyl groups is 1. The summed E-state index contributed by atoms with van der Waals surface area (Å²) < 4.78 is 19.0. The van der Waals surface area contributed by atoms with E-state index in [1.165, 1.54) is 0 Å². The second kappa shape index (κ2) is 9.31. The van der Waals surface area contributed by atoms with Gasteiger partial charge in [0.1, 0.15) is 0 Å². The summed E-state index contributed by atoms with van der Waals surface area (Å²) in [5.41, 5.74) is 1.64. The monoisotopic (exact) mass is 374 g/mol. The molecule has 0 unspecified atom stereocenters. The highest BCUT2D eigenvalue weighted by Gasteiger charge is 2.52. The van der Waals surface area contributed by atoms with Crippen LogP contribution < -0.4 is 0 Å². The van der Waals surface area contributed by atoms with Gasteiger partial charge in [-0.3, -0.25) is 0 Å². The number of rotatable bonds is 8. The zero-order valence-corrected chi connectivity index (χ0v) is 19.1. The van der Waals surface area contributed by atoms with Crippen LogP contribution in [0.4, 0.5) is 0 Å². The van der Waals surface area contributed by atoms with E-state index in [1.807, 2.05) is 6.92 Å². The molecular formula is C20H42O4Si. The van der Waals surface area contributed by atoms with Crippen LogP contribution in [0.3, 0.4) is 0 Å². The molecule has 1 fully saturated rings. The molecule has 25 heavy (non-hydrogen) atoms. The van der Waals surface area contributed by atoms with E-state index in [1.54, 1.807) is 7.11 Å². The van der Waals surface area contributed by atoms with Gasteiger partial charge in [0.25, 0.3) is 0 Å². The average Bonchev–Trinajstić information content (AvgIpc) is 2.53. The molecule has 1 aliphatic rings. The minimum Gasteiger partial charge on any atom is -0.412 e. The van der Waals surface area contributed by atoms with E-state index >= 15 is 0 Å². The molecule has 5 heteroatoms. The number of methoxy groups -OCH3 is 1. The first kappa shape index (κ1) is 23.1. The van der Waals surface area contributed by atoms with Crippen LogP contribution in [0.2, 0.25) is 16.6 Å². The third-order valence-corrected chi connectivity index (χ3v) is 12.5. The third-order valence-electron chi connectivity index (χ3n) is 6.40. The van der Waals surface area contributed by atoms with Crippen molar-refractivity contribution in [2.45, 2.75) is 97.4 Å². The van der Waals surface area contributed by atoms with Gasteiger partial charge in [0.05, 0.1) is 12.2 Å². The van der Waals surface area contributed by atoms with Gasteiger partial charge in [-0.25, -0.2) is 0 Å². The van der Waals surface area contributed by atoms with Crippen molar-refractivity contribution in [1.29, 1.82) is 0 Å². The van der Waals surface area contributed by atoms with Crippen LogP contribution in [0.1, 0.15) is 62.3 Å². The van der Waals surface area contributed by atoms with Gasteiger partial charge in [-0.15, -0.1) is 0 Å². The van der Waals surface area contributed by atoms with Crippen LogP contribution in [0.25, 0.3) is 0 Å². The highest BCUT2D eigenvalue weighted by Crippen LogP contribution is 2.46. The molecule has 1 N–H and O–H groups in total. The largest absolute Gasteiger partial charge is 0.412 e. The van der Waals surface area contributed by atoms with Crippen molar-refractivity contribution in [2.75, 3.05) is 13.7 Å². The Labute approximate surface area is 156 Å². The molecule has 0 saturated carbocycles. The van der Waals surface area contributed by atoms with E-state index in [4.69, 9.17) is 13.9 Å². The normalized spacial score (nSPS) is 32.6. The van der Waals surface area contributed by atoms with Gasteiger partial charge in [0.2, 0.25) is 8.32 Å². The molecule has 6 atom stereocenters. The fraction of sp³-hybridized carbons (Fsp3) is 1.00. The maximum atomic E-state index is 9.66. The Morgan fingerprint density at radius 1 is 0.920 bits per heavy atom. The molecule has 0 aromatic rings. The van der Waals surface area contributed by atoms with Crippen LogP contribution in [-0.2, 0) is 13.9 Å². The number of ether oxygens (including phenoxy) is 2. The first-order valence-electron chi connectivity index (χ1n) is 10.0. The van der Waals surface area contributed by atoms with E-state index in [0.717, 1.165) is 0 Å². The molecule has 150 valence electrons. The lowest BCUT2D eigenvalue weighted by Crippen LogP contribution is -2.59. The summed E-state index contributed by atoms with van der Waals surface area (Å²) >= 11 is 0. The Hall–Kier alpha value is 0.0569. The van der Waals surface area contributed by atoms with Gasteiger partial charge in [0.15, 0.2) is 6.29 Å². The van der Waals surface area contributed by atoms with E-state index in [-0.39, 0.29) is 42.9 Å². The summed E-state index contributed by atoms with van der Waals surface area (Å²) in [4.78, 5) is 0. The topological polar surface area (TPSA) is 47.9 Å². The SMILES string of the molecule is CO[C@@H]1O[C@@H]([C@H](C)CO)[C@@H](C)[C@@H](O[Si](C(C)C)(C(C)C)C(C)C)[C@H]1C. The Morgan fingerprint density at radius 3 is 1.76 bits per heavy atom. The van der Waals surface area contributed by atoms with Crippen LogP contribution >= 0.6 is 0 Å². The first-order valence-corrected chi connectivity index (χ1v) is 12.1. The van der Waals surface area contributed by atoms with Gasteiger partial charge >= 0.3 is 0 Å². The number of hydrogen-bond acceptors (Lipinski definition) is 4. The minimum atomic E-state index is -1.99. The van der Waals surface area contributed by atoms with Crippen LogP contribution in [-0.4, -0.2) is 45.6 Å². The summed E-state index contributed by atoms with van der Waals surface area (Å²) in [5, 5.41) is 9.66. The summed E-state index contributed by atoms with van der Waals surface area (Å²) in [6.07, 6.45) is -0.232. The second-order valence-corrected chi connectivity index (χ2v) is 14.4. The van der Waals surface area contributed by atoms with E-state index < -0.39 is 8.32 Å². The minimum absolute atomic E-state index is 0.0469. The molecule has 0 spiro atoms. The van der Waals surface area contributed by atoms with Gasteiger partial charge < -0.3 is 19.0 Å². The maximum Gasteiger partial charge on any atom is 0.200 e. The molecule has 0 radical (unpaired) electrons. The summed E-state index contributed by atoms with van der Waals surface area (Å²) in [6.45, 7) is 20.5. The first-order chi connectivity index (χ1) is 11.5. The Bertz CT molecular complexity index is 377. The van der Waals surface area contributed by atoms with E-state index in [2.05, 4.69) is 55.4 Å². The molecular weight excluding hydrogens is 332 g/mol. The van der Waals surface area contributed by atoms with Crippen LogP contribution in [0, 0.1) is 17.8 Å². The van der Waals surface area contributed by atoms with Crippen LogP contribution in [0.5, 0.6) is 0 Å². The van der Waals surface area contributed by atoms with Crippen molar-refractivity contribution in [3.63, 3.8) is 0 Å². The van der Waals surface area contributed by atoms with Crippen molar-refractivity contribution in [3.8, 4) is 0 Å². The zero-order valence-electron chi connectivity index (χ0n) is 18.1. The Kier molecular flexibility index (Phi) is 8.60. The summed E-state index contributed by atoms with van der Waals surface area (Å²) in [7, 11) is -0.288.